The predicted octanol–water partition coefficient (Wildman–Crippen LogP) is 3.81. The average Bonchev–Trinajstić information content (AvgIpc) is 3.38. The van der Waals surface area contributed by atoms with Crippen molar-refractivity contribution in [1.29, 1.82) is 0 Å². The maximum absolute atomic E-state index is 12.8. The number of nitrogens with zero attached hydrogens (tertiary/aromatic N) is 2. The fourth-order valence-corrected chi connectivity index (χ4v) is 3.43. The molecular weight excluding hydrogens is 380 g/mol. The third kappa shape index (κ3) is 3.96. The number of fused-ring (bicyclic) bond motifs is 1. The molecule has 0 aliphatic rings. The van der Waals surface area contributed by atoms with Gasteiger partial charge in [-0.3, -0.25) is 9.59 Å². The van der Waals surface area contributed by atoms with E-state index in [1.807, 2.05) is 60.9 Å². The molecule has 4 aromatic rings. The lowest BCUT2D eigenvalue weighted by molar-refractivity contribution is -0.116. The molecule has 4 rings (SSSR count). The molecule has 7 heteroatoms. The van der Waals surface area contributed by atoms with E-state index in [9.17, 15) is 9.59 Å². The molecule has 2 aromatic heterocycles. The van der Waals surface area contributed by atoms with E-state index in [0.29, 0.717) is 5.82 Å². The molecule has 0 radical (unpaired) electrons. The summed E-state index contributed by atoms with van der Waals surface area (Å²) < 4.78 is 6.94. The minimum atomic E-state index is -0.335. The molecule has 0 bridgehead atoms. The van der Waals surface area contributed by atoms with Gasteiger partial charge in [0.2, 0.25) is 5.91 Å². The third-order valence-electron chi connectivity index (χ3n) is 4.93. The third-order valence-corrected chi connectivity index (χ3v) is 4.93. The van der Waals surface area contributed by atoms with Crippen LogP contribution in [0.1, 0.15) is 27.5 Å². The highest BCUT2D eigenvalue weighted by molar-refractivity contribution is 5.93. The Morgan fingerprint density at radius 3 is 2.50 bits per heavy atom. The van der Waals surface area contributed by atoms with E-state index in [2.05, 4.69) is 15.6 Å². The first-order chi connectivity index (χ1) is 14.5. The van der Waals surface area contributed by atoms with Gasteiger partial charge in [-0.25, -0.2) is 4.98 Å². The van der Waals surface area contributed by atoms with Gasteiger partial charge in [0.25, 0.3) is 5.91 Å². The number of rotatable bonds is 6. The van der Waals surface area contributed by atoms with E-state index < -0.39 is 0 Å². The normalized spacial score (nSPS) is 10.9. The first kappa shape index (κ1) is 19.4. The predicted molar refractivity (Wildman–Crippen MR) is 114 cm³/mol. The minimum Gasteiger partial charge on any atom is -0.459 e. The molecule has 30 heavy (non-hydrogen) atoms. The Hall–Kier alpha value is -3.87. The number of aromatic nitrogens is 2. The van der Waals surface area contributed by atoms with Crippen molar-refractivity contribution < 1.29 is 14.0 Å². The number of carbonyl (C=O) groups excluding carboxylic acids is 2. The number of nitrogens with one attached hydrogen (secondary N) is 2. The molecule has 2 N–H and O–H groups in total. The van der Waals surface area contributed by atoms with Crippen LogP contribution in [0.5, 0.6) is 0 Å². The Morgan fingerprint density at radius 2 is 1.77 bits per heavy atom. The van der Waals surface area contributed by atoms with Crippen LogP contribution in [-0.2, 0) is 17.9 Å². The van der Waals surface area contributed by atoms with Gasteiger partial charge in [0.15, 0.2) is 5.76 Å². The minimum absolute atomic E-state index is 0.0836. The smallest absolute Gasteiger partial charge is 0.287 e. The van der Waals surface area contributed by atoms with Gasteiger partial charge in [0.05, 0.1) is 23.8 Å². The zero-order chi connectivity index (χ0) is 21.1. The quantitative estimate of drug-likeness (QED) is 0.513. The van der Waals surface area contributed by atoms with Crippen molar-refractivity contribution in [1.82, 2.24) is 14.9 Å². The lowest BCUT2D eigenvalue weighted by Crippen LogP contribution is -2.26. The van der Waals surface area contributed by atoms with Crippen molar-refractivity contribution in [3.8, 4) is 0 Å². The molecule has 2 heterocycles. The Bertz CT molecular complexity index is 1190. The van der Waals surface area contributed by atoms with Crippen molar-refractivity contribution in [3.05, 3.63) is 83.6 Å². The number of furan rings is 1. The average molecular weight is 402 g/mol. The zero-order valence-electron chi connectivity index (χ0n) is 16.8. The van der Waals surface area contributed by atoms with Gasteiger partial charge in [-0.1, -0.05) is 30.3 Å². The fraction of sp³-hybridized carbons (Fsp3) is 0.174. The monoisotopic (exact) mass is 402 g/mol. The van der Waals surface area contributed by atoms with Crippen molar-refractivity contribution in [2.24, 2.45) is 0 Å². The first-order valence-electron chi connectivity index (χ1n) is 9.65. The first-order valence-corrected chi connectivity index (χ1v) is 9.65. The van der Waals surface area contributed by atoms with Crippen LogP contribution in [0.3, 0.4) is 0 Å². The van der Waals surface area contributed by atoms with Crippen LogP contribution < -0.4 is 10.6 Å². The second kappa shape index (κ2) is 8.24. The molecule has 0 saturated heterocycles. The summed E-state index contributed by atoms with van der Waals surface area (Å²) in [6.07, 6.45) is 1.45. The number of para-hydroxylation sites is 3. The Morgan fingerprint density at radius 1 is 1.00 bits per heavy atom. The SMILES string of the molecule is Cc1cccc(C)c1NC(=O)Cn1c(CNC(=O)c2ccco2)nc2ccccc21. The summed E-state index contributed by atoms with van der Waals surface area (Å²) in [5.41, 5.74) is 4.42. The van der Waals surface area contributed by atoms with Crippen LogP contribution in [0, 0.1) is 13.8 Å². The van der Waals surface area contributed by atoms with Gasteiger partial charge < -0.3 is 19.6 Å². The molecule has 0 fully saturated rings. The summed E-state index contributed by atoms with van der Waals surface area (Å²) in [4.78, 5) is 29.7. The highest BCUT2D eigenvalue weighted by Gasteiger charge is 2.16. The molecule has 0 aliphatic heterocycles. The summed E-state index contributed by atoms with van der Waals surface area (Å²) in [5.74, 6) is 0.325. The van der Waals surface area contributed by atoms with Crippen LogP contribution >= 0.6 is 0 Å². The largest absolute Gasteiger partial charge is 0.459 e. The van der Waals surface area contributed by atoms with E-state index in [-0.39, 0.29) is 30.7 Å². The van der Waals surface area contributed by atoms with E-state index in [0.717, 1.165) is 27.8 Å². The highest BCUT2D eigenvalue weighted by atomic mass is 16.3. The molecule has 7 nitrogen and oxygen atoms in total. The number of benzene rings is 2. The maximum Gasteiger partial charge on any atom is 0.287 e. The number of imidazole rings is 1. The molecule has 0 spiro atoms. The van der Waals surface area contributed by atoms with E-state index in [1.54, 1.807) is 12.1 Å². The Balaban J connectivity index is 1.57. The van der Waals surface area contributed by atoms with Gasteiger partial charge in [0, 0.05) is 5.69 Å². The highest BCUT2D eigenvalue weighted by Crippen LogP contribution is 2.21. The second-order valence-corrected chi connectivity index (χ2v) is 7.08. The molecule has 0 unspecified atom stereocenters. The summed E-state index contributed by atoms with van der Waals surface area (Å²) in [7, 11) is 0. The van der Waals surface area contributed by atoms with Gasteiger partial charge >= 0.3 is 0 Å². The molecule has 2 amide bonds. The van der Waals surface area contributed by atoms with E-state index in [4.69, 9.17) is 4.42 Å². The van der Waals surface area contributed by atoms with Crippen molar-refractivity contribution >= 4 is 28.5 Å². The second-order valence-electron chi connectivity index (χ2n) is 7.08. The van der Waals surface area contributed by atoms with Crippen LogP contribution in [0.4, 0.5) is 5.69 Å². The lowest BCUT2D eigenvalue weighted by Gasteiger charge is -2.13. The van der Waals surface area contributed by atoms with Gasteiger partial charge in [0.1, 0.15) is 12.4 Å². The number of hydrogen-bond donors (Lipinski definition) is 2. The van der Waals surface area contributed by atoms with Crippen LogP contribution in [0.15, 0.2) is 65.3 Å². The number of anilines is 1. The zero-order valence-corrected chi connectivity index (χ0v) is 16.8. The summed E-state index contributed by atoms with van der Waals surface area (Å²) >= 11 is 0. The summed E-state index contributed by atoms with van der Waals surface area (Å²) in [5, 5.41) is 5.80. The van der Waals surface area contributed by atoms with Gasteiger partial charge in [-0.15, -0.1) is 0 Å². The number of hydrogen-bond acceptors (Lipinski definition) is 4. The van der Waals surface area contributed by atoms with Crippen LogP contribution in [0.25, 0.3) is 11.0 Å². The molecule has 2 aromatic carbocycles. The number of amides is 2. The maximum atomic E-state index is 12.8. The van der Waals surface area contributed by atoms with Crippen molar-refractivity contribution in [3.63, 3.8) is 0 Å². The fourth-order valence-electron chi connectivity index (χ4n) is 3.43. The topological polar surface area (TPSA) is 89.2 Å². The lowest BCUT2D eigenvalue weighted by atomic mass is 10.1. The summed E-state index contributed by atoms with van der Waals surface area (Å²) in [6, 6.07) is 16.7. The van der Waals surface area contributed by atoms with Crippen LogP contribution in [0.2, 0.25) is 0 Å². The molecule has 152 valence electrons. The molecule has 0 atom stereocenters. The van der Waals surface area contributed by atoms with Crippen LogP contribution in [-0.4, -0.2) is 21.4 Å². The van der Waals surface area contributed by atoms with Gasteiger partial charge in [-0.05, 0) is 49.2 Å². The Kier molecular flexibility index (Phi) is 5.34. The van der Waals surface area contributed by atoms with Crippen molar-refractivity contribution in [2.45, 2.75) is 26.9 Å². The van der Waals surface area contributed by atoms with E-state index >= 15 is 0 Å². The molecule has 0 saturated carbocycles. The Labute approximate surface area is 173 Å². The number of aryl methyl sites for hydroxylation is 2. The van der Waals surface area contributed by atoms with Gasteiger partial charge in [-0.2, -0.15) is 0 Å². The van der Waals surface area contributed by atoms with Crippen molar-refractivity contribution in [2.75, 3.05) is 5.32 Å². The number of carbonyl (C=O) groups is 2. The van der Waals surface area contributed by atoms with E-state index in [1.165, 1.54) is 6.26 Å². The molecule has 0 aliphatic carbocycles. The standard InChI is InChI=1S/C23H22N4O3/c1-15-7-5-8-16(2)22(15)26-21(28)14-27-18-10-4-3-9-17(18)25-20(27)13-24-23(29)19-11-6-12-30-19/h3-12H,13-14H2,1-2H3,(H,24,29)(H,26,28). The summed E-state index contributed by atoms with van der Waals surface area (Å²) in [6.45, 7) is 4.18. The molecular formula is C23H22N4O3.